The second-order valence-electron chi connectivity index (χ2n) is 9.99. The molecule has 0 spiro atoms. The largest absolute Gasteiger partial charge is 0.347 e. The molecule has 172 valence electrons. The van der Waals surface area contributed by atoms with Crippen LogP contribution < -0.4 is 10.7 Å². The lowest BCUT2D eigenvalue weighted by Crippen LogP contribution is -2.24. The van der Waals surface area contributed by atoms with Gasteiger partial charge < -0.3 is 10.7 Å². The number of aromatic nitrogens is 3. The van der Waals surface area contributed by atoms with E-state index in [9.17, 15) is 4.79 Å². The third-order valence-corrected chi connectivity index (χ3v) is 7.22. The van der Waals surface area contributed by atoms with E-state index in [0.29, 0.717) is 11.0 Å². The molecule has 0 saturated heterocycles. The summed E-state index contributed by atoms with van der Waals surface area (Å²) in [7, 11) is 2.01. The first kappa shape index (κ1) is 23.1. The van der Waals surface area contributed by atoms with Crippen LogP contribution in [-0.2, 0) is 15.6 Å². The molecule has 0 bridgehead atoms. The quantitative estimate of drug-likeness (QED) is 0.330. The van der Waals surface area contributed by atoms with Crippen molar-refractivity contribution in [1.29, 1.82) is 0 Å². The van der Waals surface area contributed by atoms with Crippen molar-refractivity contribution in [1.82, 2.24) is 14.9 Å². The molecule has 1 aliphatic rings. The molecule has 3 aromatic rings. The number of likely N-dealkylation sites (N-methyl/N-ethyl adjacent to an activating group) is 1. The minimum Gasteiger partial charge on any atom is -0.347 e. The Kier molecular flexibility index (Phi) is 5.86. The molecule has 2 N–H and O–H groups in total. The molecule has 0 fully saturated rings. The van der Waals surface area contributed by atoms with Crippen LogP contribution in [0.4, 0.5) is 5.69 Å². The first-order valence-corrected chi connectivity index (χ1v) is 12.0. The Morgan fingerprint density at radius 1 is 1.09 bits per heavy atom. The molecule has 0 unspecified atom stereocenters. The first-order valence-electron chi connectivity index (χ1n) is 11.0. The Bertz CT molecular complexity index is 1220. The minimum atomic E-state index is -0.230. The van der Waals surface area contributed by atoms with E-state index in [4.69, 9.17) is 5.84 Å². The number of nitrogen functional groups attached to an aromatic ring is 1. The van der Waals surface area contributed by atoms with Crippen LogP contribution in [0.25, 0.3) is 11.4 Å². The molecule has 0 atom stereocenters. The predicted molar refractivity (Wildman–Crippen MR) is 136 cm³/mol. The van der Waals surface area contributed by atoms with Crippen molar-refractivity contribution in [2.24, 2.45) is 0 Å². The summed E-state index contributed by atoms with van der Waals surface area (Å²) in [6.45, 7) is 10.8. The van der Waals surface area contributed by atoms with Crippen molar-refractivity contribution < 1.29 is 4.79 Å². The number of carbonyl (C=O) groups is 1. The van der Waals surface area contributed by atoms with Crippen LogP contribution in [0, 0.1) is 0 Å². The number of allylic oxidation sites excluding steroid dienone is 2. The van der Waals surface area contributed by atoms with Crippen molar-refractivity contribution in [3.63, 3.8) is 0 Å². The number of hydrogen-bond donors (Lipinski definition) is 1. The maximum Gasteiger partial charge on any atom is 0.210 e. The maximum atomic E-state index is 12.9. The molecule has 2 heterocycles. The zero-order valence-corrected chi connectivity index (χ0v) is 20.9. The van der Waals surface area contributed by atoms with Gasteiger partial charge in [0.1, 0.15) is 0 Å². The lowest BCUT2D eigenvalue weighted by molar-refractivity contribution is -0.112. The standard InChI is InChI=1S/C26H31N5OS/c1-25(2,3)18-13-11-17(12-14-18)23-28-29-24(31(23)27)33-16-19(32)15-22-26(4,5)20-9-7-8-10-21(20)30(22)6/h7-15H,16,27H2,1-6H3. The fraction of sp³-hybridized carbons (Fsp3) is 0.346. The molecule has 33 heavy (non-hydrogen) atoms. The average molecular weight is 462 g/mol. The van der Waals surface area contributed by atoms with E-state index < -0.39 is 0 Å². The molecule has 0 saturated carbocycles. The van der Waals surface area contributed by atoms with E-state index in [1.807, 2.05) is 31.3 Å². The molecule has 1 aromatic heterocycles. The molecule has 1 aliphatic heterocycles. The van der Waals surface area contributed by atoms with Crippen LogP contribution in [0.2, 0.25) is 0 Å². The van der Waals surface area contributed by atoms with Crippen LogP contribution in [0.15, 0.2) is 65.5 Å². The van der Waals surface area contributed by atoms with Gasteiger partial charge in [-0.05, 0) is 22.6 Å². The van der Waals surface area contributed by atoms with E-state index in [2.05, 4.69) is 74.0 Å². The van der Waals surface area contributed by atoms with Gasteiger partial charge >= 0.3 is 0 Å². The summed E-state index contributed by atoms with van der Waals surface area (Å²) < 4.78 is 1.46. The topological polar surface area (TPSA) is 77.0 Å². The Labute approximate surface area is 199 Å². The van der Waals surface area contributed by atoms with Crippen molar-refractivity contribution in [3.8, 4) is 11.4 Å². The van der Waals surface area contributed by atoms with Crippen LogP contribution in [0.5, 0.6) is 0 Å². The van der Waals surface area contributed by atoms with Gasteiger partial charge in [-0.25, -0.2) is 4.68 Å². The number of anilines is 1. The Morgan fingerprint density at radius 3 is 2.39 bits per heavy atom. The fourth-order valence-corrected chi connectivity index (χ4v) is 4.96. The van der Waals surface area contributed by atoms with Crippen LogP contribution in [-0.4, -0.2) is 33.5 Å². The molecule has 0 aliphatic carbocycles. The summed E-state index contributed by atoms with van der Waals surface area (Å²) >= 11 is 1.30. The summed E-state index contributed by atoms with van der Waals surface area (Å²) in [6, 6.07) is 16.5. The maximum absolute atomic E-state index is 12.9. The average Bonchev–Trinajstić information content (AvgIpc) is 3.23. The molecule has 7 heteroatoms. The molecular formula is C26H31N5OS. The number of carbonyl (C=O) groups excluding carboxylic acids is 1. The summed E-state index contributed by atoms with van der Waals surface area (Å²) in [4.78, 5) is 15.0. The van der Waals surface area contributed by atoms with Crippen LogP contribution >= 0.6 is 11.8 Å². The van der Waals surface area contributed by atoms with Crippen molar-refractivity contribution in [2.75, 3.05) is 23.5 Å². The number of nitrogens with zero attached hydrogens (tertiary/aromatic N) is 4. The van der Waals surface area contributed by atoms with E-state index in [1.165, 1.54) is 27.6 Å². The predicted octanol–water partition coefficient (Wildman–Crippen LogP) is 4.93. The molecule has 4 rings (SSSR count). The van der Waals surface area contributed by atoms with Gasteiger partial charge in [-0.3, -0.25) is 4.79 Å². The molecule has 6 nitrogen and oxygen atoms in total. The van der Waals surface area contributed by atoms with Gasteiger partial charge in [0.25, 0.3) is 0 Å². The number of rotatable bonds is 5. The molecule has 0 radical (unpaired) electrons. The van der Waals surface area contributed by atoms with Gasteiger partial charge in [0, 0.05) is 35.5 Å². The normalized spacial score (nSPS) is 16.3. The van der Waals surface area contributed by atoms with Gasteiger partial charge in [0.2, 0.25) is 5.16 Å². The summed E-state index contributed by atoms with van der Waals surface area (Å²) in [5.41, 5.74) is 5.33. The summed E-state index contributed by atoms with van der Waals surface area (Å²) in [6.07, 6.45) is 1.75. The number of para-hydroxylation sites is 1. The number of nitrogens with two attached hydrogens (primary N) is 1. The monoisotopic (exact) mass is 461 g/mol. The van der Waals surface area contributed by atoms with E-state index in [1.54, 1.807) is 6.08 Å². The van der Waals surface area contributed by atoms with Crippen molar-refractivity contribution in [3.05, 3.63) is 71.4 Å². The summed E-state index contributed by atoms with van der Waals surface area (Å²) in [5, 5.41) is 8.98. The molecule has 0 amide bonds. The second-order valence-corrected chi connectivity index (χ2v) is 10.9. The van der Waals surface area contributed by atoms with Gasteiger partial charge in [0.15, 0.2) is 11.6 Å². The third kappa shape index (κ3) is 4.29. The Balaban J connectivity index is 1.47. The van der Waals surface area contributed by atoms with Crippen LogP contribution in [0.1, 0.15) is 45.7 Å². The molecular weight excluding hydrogens is 430 g/mol. The number of hydrogen-bond acceptors (Lipinski definition) is 6. The summed E-state index contributed by atoms with van der Waals surface area (Å²) in [5.74, 6) is 7.10. The van der Waals surface area contributed by atoms with Gasteiger partial charge in [0.05, 0.1) is 5.75 Å². The smallest absolute Gasteiger partial charge is 0.210 e. The SMILES string of the molecule is CN1C(=CC(=O)CSc2nnc(-c3ccc(C(C)(C)C)cc3)n2N)C(C)(C)c2ccccc21. The first-order chi connectivity index (χ1) is 15.5. The number of benzene rings is 2. The van der Waals surface area contributed by atoms with Crippen molar-refractivity contribution >= 4 is 23.2 Å². The molecule has 2 aromatic carbocycles. The van der Waals surface area contributed by atoms with Crippen LogP contribution in [0.3, 0.4) is 0 Å². The Morgan fingerprint density at radius 2 is 1.76 bits per heavy atom. The highest BCUT2D eigenvalue weighted by atomic mass is 32.2. The van der Waals surface area contributed by atoms with E-state index in [0.717, 1.165) is 16.9 Å². The Hall–Kier alpha value is -3.06. The third-order valence-electron chi connectivity index (χ3n) is 6.26. The van der Waals surface area contributed by atoms with Gasteiger partial charge in [-0.2, -0.15) is 0 Å². The highest BCUT2D eigenvalue weighted by Gasteiger charge is 2.38. The zero-order chi connectivity index (χ0) is 24.0. The number of thioether (sulfide) groups is 1. The second kappa shape index (κ2) is 8.37. The van der Waals surface area contributed by atoms with Gasteiger partial charge in [-0.15, -0.1) is 10.2 Å². The van der Waals surface area contributed by atoms with Crippen molar-refractivity contribution in [2.45, 2.75) is 50.6 Å². The number of ketones is 1. The van der Waals surface area contributed by atoms with E-state index in [-0.39, 0.29) is 22.4 Å². The lowest BCUT2D eigenvalue weighted by atomic mass is 9.83. The fourth-order valence-electron chi connectivity index (χ4n) is 4.28. The number of fused-ring (bicyclic) bond motifs is 1. The van der Waals surface area contributed by atoms with E-state index >= 15 is 0 Å². The highest BCUT2D eigenvalue weighted by Crippen LogP contribution is 2.46. The van der Waals surface area contributed by atoms with Gasteiger partial charge in [-0.1, -0.05) is 88.8 Å². The zero-order valence-electron chi connectivity index (χ0n) is 20.1. The minimum absolute atomic E-state index is 0.0156. The lowest BCUT2D eigenvalue weighted by Gasteiger charge is -2.23. The highest BCUT2D eigenvalue weighted by molar-refractivity contribution is 7.99.